The summed E-state index contributed by atoms with van der Waals surface area (Å²) >= 11 is 0. The molecule has 0 aromatic rings. The summed E-state index contributed by atoms with van der Waals surface area (Å²) in [6.45, 7) is 4.68. The maximum atomic E-state index is 5.53. The Balaban J connectivity index is 1.92. The zero-order valence-electron chi connectivity index (χ0n) is 7.43. The van der Waals surface area contributed by atoms with E-state index in [1.165, 1.54) is 19.3 Å². The minimum Gasteiger partial charge on any atom is -0.271 e. The molecule has 2 heteroatoms. The van der Waals surface area contributed by atoms with Gasteiger partial charge in [-0.2, -0.15) is 0 Å². The summed E-state index contributed by atoms with van der Waals surface area (Å²) in [6, 6.07) is 0.616. The molecule has 0 bridgehead atoms. The van der Waals surface area contributed by atoms with E-state index >= 15 is 0 Å². The Morgan fingerprint density at radius 2 is 2.00 bits per heavy atom. The molecule has 0 heterocycles. The van der Waals surface area contributed by atoms with E-state index in [0.717, 1.165) is 11.8 Å². The molecule has 2 saturated carbocycles. The largest absolute Gasteiger partial charge is 0.271 e. The Kier molecular flexibility index (Phi) is 1.52. The standard InChI is InChI=1S/C9H18N2/c1-9(2)5-7(9)8(11-10)6-3-4-6/h6-8,11H,3-5,10H2,1-2H3. The molecule has 11 heavy (non-hydrogen) atoms. The van der Waals surface area contributed by atoms with E-state index in [2.05, 4.69) is 19.3 Å². The van der Waals surface area contributed by atoms with Gasteiger partial charge in [0, 0.05) is 6.04 Å². The summed E-state index contributed by atoms with van der Waals surface area (Å²) in [5.74, 6) is 7.27. The number of hydrogen-bond donors (Lipinski definition) is 2. The molecule has 3 N–H and O–H groups in total. The van der Waals surface area contributed by atoms with Crippen molar-refractivity contribution in [3.63, 3.8) is 0 Å². The first kappa shape index (κ1) is 7.56. The van der Waals surface area contributed by atoms with E-state index in [9.17, 15) is 0 Å². The molecule has 0 aromatic carbocycles. The Morgan fingerprint density at radius 3 is 2.27 bits per heavy atom. The Labute approximate surface area is 68.5 Å². The number of hydrazine groups is 1. The lowest BCUT2D eigenvalue weighted by Gasteiger charge is -2.16. The van der Waals surface area contributed by atoms with E-state index in [1.54, 1.807) is 0 Å². The molecule has 2 unspecified atom stereocenters. The first-order chi connectivity index (χ1) is 5.15. The lowest BCUT2D eigenvalue weighted by atomic mass is 10.0. The van der Waals surface area contributed by atoms with Crippen LogP contribution in [0.2, 0.25) is 0 Å². The van der Waals surface area contributed by atoms with Gasteiger partial charge < -0.3 is 0 Å². The van der Waals surface area contributed by atoms with Crippen LogP contribution >= 0.6 is 0 Å². The minimum atomic E-state index is 0.569. The van der Waals surface area contributed by atoms with Crippen LogP contribution in [0.4, 0.5) is 0 Å². The van der Waals surface area contributed by atoms with Crippen LogP contribution < -0.4 is 11.3 Å². The summed E-state index contributed by atoms with van der Waals surface area (Å²) in [7, 11) is 0. The second kappa shape index (κ2) is 2.20. The van der Waals surface area contributed by atoms with Crippen LogP contribution in [0.25, 0.3) is 0 Å². The van der Waals surface area contributed by atoms with Gasteiger partial charge in [-0.15, -0.1) is 0 Å². The second-order valence-corrected chi connectivity index (χ2v) is 4.83. The first-order valence-corrected chi connectivity index (χ1v) is 4.61. The SMILES string of the molecule is CC1(C)CC1C(NN)C1CC1. The fraction of sp³-hybridized carbons (Fsp3) is 1.00. The van der Waals surface area contributed by atoms with Gasteiger partial charge >= 0.3 is 0 Å². The van der Waals surface area contributed by atoms with Gasteiger partial charge in [-0.25, -0.2) is 0 Å². The minimum absolute atomic E-state index is 0.569. The van der Waals surface area contributed by atoms with Crippen LogP contribution in [0, 0.1) is 17.3 Å². The Morgan fingerprint density at radius 1 is 1.45 bits per heavy atom. The Bertz CT molecular complexity index is 161. The summed E-state index contributed by atoms with van der Waals surface area (Å²) in [6.07, 6.45) is 4.14. The average Bonchev–Trinajstić information content (AvgIpc) is 2.76. The van der Waals surface area contributed by atoms with Crippen molar-refractivity contribution in [2.75, 3.05) is 0 Å². The third-order valence-corrected chi connectivity index (χ3v) is 3.35. The molecule has 2 nitrogen and oxygen atoms in total. The van der Waals surface area contributed by atoms with Gasteiger partial charge in [-0.1, -0.05) is 13.8 Å². The van der Waals surface area contributed by atoms with Gasteiger partial charge in [-0.3, -0.25) is 11.3 Å². The number of nitrogens with one attached hydrogen (secondary N) is 1. The molecule has 2 aliphatic carbocycles. The van der Waals surface area contributed by atoms with Crippen LogP contribution in [0.15, 0.2) is 0 Å². The molecule has 0 saturated heterocycles. The molecule has 64 valence electrons. The zero-order chi connectivity index (χ0) is 8.06. The van der Waals surface area contributed by atoms with Gasteiger partial charge in [0.25, 0.3) is 0 Å². The number of rotatable bonds is 3. The van der Waals surface area contributed by atoms with Gasteiger partial charge in [0.05, 0.1) is 0 Å². The third kappa shape index (κ3) is 1.30. The van der Waals surface area contributed by atoms with Gasteiger partial charge in [0.15, 0.2) is 0 Å². The summed E-state index contributed by atoms with van der Waals surface area (Å²) in [5.41, 5.74) is 3.55. The highest BCUT2D eigenvalue weighted by atomic mass is 15.2. The highest BCUT2D eigenvalue weighted by Gasteiger charge is 2.53. The highest BCUT2D eigenvalue weighted by Crippen LogP contribution is 2.57. The van der Waals surface area contributed by atoms with Crippen molar-refractivity contribution >= 4 is 0 Å². The van der Waals surface area contributed by atoms with Crippen molar-refractivity contribution in [1.82, 2.24) is 5.43 Å². The van der Waals surface area contributed by atoms with Crippen LogP contribution in [0.3, 0.4) is 0 Å². The van der Waals surface area contributed by atoms with Crippen molar-refractivity contribution < 1.29 is 0 Å². The van der Waals surface area contributed by atoms with E-state index < -0.39 is 0 Å². The predicted molar refractivity (Wildman–Crippen MR) is 45.7 cm³/mol. The number of nitrogens with two attached hydrogens (primary N) is 1. The van der Waals surface area contributed by atoms with Crippen molar-refractivity contribution in [3.05, 3.63) is 0 Å². The topological polar surface area (TPSA) is 38.0 Å². The fourth-order valence-corrected chi connectivity index (χ4v) is 2.16. The molecule has 0 aromatic heterocycles. The first-order valence-electron chi connectivity index (χ1n) is 4.61. The molecular weight excluding hydrogens is 136 g/mol. The average molecular weight is 154 g/mol. The van der Waals surface area contributed by atoms with Crippen LogP contribution in [-0.4, -0.2) is 6.04 Å². The van der Waals surface area contributed by atoms with Crippen molar-refractivity contribution in [3.8, 4) is 0 Å². The van der Waals surface area contributed by atoms with E-state index in [0.29, 0.717) is 11.5 Å². The predicted octanol–water partition coefficient (Wildman–Crippen LogP) is 1.27. The summed E-state index contributed by atoms with van der Waals surface area (Å²) in [4.78, 5) is 0. The fourth-order valence-electron chi connectivity index (χ4n) is 2.16. The van der Waals surface area contributed by atoms with Gasteiger partial charge in [0.2, 0.25) is 0 Å². The van der Waals surface area contributed by atoms with Crippen molar-refractivity contribution in [2.24, 2.45) is 23.1 Å². The van der Waals surface area contributed by atoms with E-state index in [4.69, 9.17) is 5.84 Å². The zero-order valence-corrected chi connectivity index (χ0v) is 7.43. The summed E-state index contributed by atoms with van der Waals surface area (Å²) < 4.78 is 0. The summed E-state index contributed by atoms with van der Waals surface area (Å²) in [5, 5.41) is 0. The quantitative estimate of drug-likeness (QED) is 0.474. The van der Waals surface area contributed by atoms with E-state index in [1.807, 2.05) is 0 Å². The molecule has 2 fully saturated rings. The normalized spacial score (nSPS) is 36.8. The maximum absolute atomic E-state index is 5.53. The molecule has 0 amide bonds. The molecule has 0 radical (unpaired) electrons. The second-order valence-electron chi connectivity index (χ2n) is 4.83. The Hall–Kier alpha value is -0.0800. The maximum Gasteiger partial charge on any atom is 0.0272 e. The molecule has 2 rings (SSSR count). The molecule has 0 spiro atoms. The highest BCUT2D eigenvalue weighted by molar-refractivity contribution is 5.05. The van der Waals surface area contributed by atoms with Crippen LogP contribution in [0.5, 0.6) is 0 Å². The van der Waals surface area contributed by atoms with Gasteiger partial charge in [-0.05, 0) is 36.5 Å². The third-order valence-electron chi connectivity index (χ3n) is 3.35. The molecule has 2 atom stereocenters. The van der Waals surface area contributed by atoms with Crippen LogP contribution in [-0.2, 0) is 0 Å². The van der Waals surface area contributed by atoms with Crippen LogP contribution in [0.1, 0.15) is 33.1 Å². The molecule has 0 aliphatic heterocycles. The van der Waals surface area contributed by atoms with Crippen molar-refractivity contribution in [1.29, 1.82) is 0 Å². The molecule has 2 aliphatic rings. The lowest BCUT2D eigenvalue weighted by molar-refractivity contribution is 0.375. The number of hydrogen-bond acceptors (Lipinski definition) is 2. The van der Waals surface area contributed by atoms with Gasteiger partial charge in [0.1, 0.15) is 0 Å². The van der Waals surface area contributed by atoms with Crippen molar-refractivity contribution in [2.45, 2.75) is 39.2 Å². The van der Waals surface area contributed by atoms with E-state index in [-0.39, 0.29) is 0 Å². The molecular formula is C9H18N2. The smallest absolute Gasteiger partial charge is 0.0272 e. The lowest BCUT2D eigenvalue weighted by Crippen LogP contribution is -2.39. The monoisotopic (exact) mass is 154 g/mol.